The van der Waals surface area contributed by atoms with Gasteiger partial charge in [0.05, 0.1) is 6.04 Å². The number of hydrogen-bond acceptors (Lipinski definition) is 4. The highest BCUT2D eigenvalue weighted by molar-refractivity contribution is 7.80. The van der Waals surface area contributed by atoms with Crippen LogP contribution in [-0.2, 0) is 9.47 Å². The van der Waals surface area contributed by atoms with E-state index in [1.165, 1.54) is 0 Å². The highest BCUT2D eigenvalue weighted by Crippen LogP contribution is 2.43. The van der Waals surface area contributed by atoms with Gasteiger partial charge in [0, 0.05) is 5.56 Å². The second kappa shape index (κ2) is 7.64. The van der Waals surface area contributed by atoms with E-state index < -0.39 is 17.4 Å². The van der Waals surface area contributed by atoms with Crippen LogP contribution < -0.4 is 0 Å². The van der Waals surface area contributed by atoms with Crippen molar-refractivity contribution < 1.29 is 14.3 Å². The zero-order valence-corrected chi connectivity index (χ0v) is 17.8. The Labute approximate surface area is 172 Å². The maximum Gasteiger partial charge on any atom is 0.256 e. The van der Waals surface area contributed by atoms with Crippen molar-refractivity contribution in [3.05, 3.63) is 71.8 Å². The van der Waals surface area contributed by atoms with Crippen molar-refractivity contribution in [2.24, 2.45) is 0 Å². The number of carbonyl (C=O) groups excluding carboxylic acids is 1. The lowest BCUT2D eigenvalue weighted by Gasteiger charge is -2.34. The molecule has 1 fully saturated rings. The van der Waals surface area contributed by atoms with Gasteiger partial charge in [-0.15, -0.1) is 0 Å². The van der Waals surface area contributed by atoms with E-state index in [0.29, 0.717) is 10.6 Å². The van der Waals surface area contributed by atoms with Gasteiger partial charge in [0.2, 0.25) is 0 Å². The van der Waals surface area contributed by atoms with Crippen molar-refractivity contribution in [2.45, 2.75) is 58.1 Å². The van der Waals surface area contributed by atoms with Crippen molar-refractivity contribution in [3.63, 3.8) is 0 Å². The molecule has 3 rings (SSSR count). The molecule has 148 valence electrons. The van der Waals surface area contributed by atoms with Crippen molar-refractivity contribution in [1.29, 1.82) is 0 Å². The van der Waals surface area contributed by atoms with Crippen molar-refractivity contribution in [3.8, 4) is 0 Å². The number of nitrogens with zero attached hydrogens (tertiary/aromatic N) is 1. The van der Waals surface area contributed by atoms with Crippen LogP contribution in [0.15, 0.2) is 60.7 Å². The van der Waals surface area contributed by atoms with Crippen molar-refractivity contribution in [2.75, 3.05) is 0 Å². The lowest BCUT2D eigenvalue weighted by atomic mass is 9.99. The maximum atomic E-state index is 13.5. The number of carbonyl (C=O) groups is 1. The topological polar surface area (TPSA) is 38.8 Å². The summed E-state index contributed by atoms with van der Waals surface area (Å²) in [4.78, 5) is 15.2. The highest BCUT2D eigenvalue weighted by atomic mass is 32.1. The standard InChI is InChI=1S/C23H27NO3S/c1-22(2,3)27-21(28)19-18(16-12-8-6-9-13-16)24(23(4,5)26-19)20(25)17-14-10-7-11-15-17/h6-15,18-19H,1-5H3/t18-,19+/m0/s1. The minimum absolute atomic E-state index is 0.0967. The Bertz CT molecular complexity index is 843. The summed E-state index contributed by atoms with van der Waals surface area (Å²) in [5.41, 5.74) is 0.289. The van der Waals surface area contributed by atoms with Crippen LogP contribution in [-0.4, -0.2) is 33.3 Å². The molecule has 1 heterocycles. The van der Waals surface area contributed by atoms with Crippen LogP contribution in [0.1, 0.15) is 56.6 Å². The van der Waals surface area contributed by atoms with Gasteiger partial charge in [0.15, 0.2) is 11.2 Å². The Hall–Kier alpha value is -2.24. The molecule has 1 saturated heterocycles. The lowest BCUT2D eigenvalue weighted by molar-refractivity contribution is -0.0561. The highest BCUT2D eigenvalue weighted by Gasteiger charge is 2.53. The monoisotopic (exact) mass is 397 g/mol. The summed E-state index contributed by atoms with van der Waals surface area (Å²) in [6, 6.07) is 18.7. The third kappa shape index (κ3) is 4.26. The summed E-state index contributed by atoms with van der Waals surface area (Å²) in [6.07, 6.45) is -0.542. The molecule has 1 amide bonds. The lowest BCUT2D eigenvalue weighted by Crippen LogP contribution is -2.45. The molecule has 0 unspecified atom stereocenters. The van der Waals surface area contributed by atoms with Gasteiger partial charge in [-0.1, -0.05) is 48.5 Å². The first-order valence-corrected chi connectivity index (χ1v) is 9.85. The Balaban J connectivity index is 2.05. The minimum Gasteiger partial charge on any atom is -0.479 e. The fourth-order valence-corrected chi connectivity index (χ4v) is 3.93. The van der Waals surface area contributed by atoms with Crippen molar-refractivity contribution >= 4 is 23.2 Å². The molecular formula is C23H27NO3S. The summed E-state index contributed by atoms with van der Waals surface area (Å²) >= 11 is 5.61. The molecule has 0 bridgehead atoms. The second-order valence-corrected chi connectivity index (χ2v) is 8.82. The van der Waals surface area contributed by atoms with Crippen LogP contribution in [0.5, 0.6) is 0 Å². The Morgan fingerprint density at radius 1 is 1.04 bits per heavy atom. The van der Waals surface area contributed by atoms with Crippen LogP contribution in [0.3, 0.4) is 0 Å². The first-order valence-electron chi connectivity index (χ1n) is 9.44. The Morgan fingerprint density at radius 2 is 1.57 bits per heavy atom. The van der Waals surface area contributed by atoms with Crippen LogP contribution in [0, 0.1) is 0 Å². The summed E-state index contributed by atoms with van der Waals surface area (Å²) in [6.45, 7) is 9.63. The zero-order chi connectivity index (χ0) is 20.5. The summed E-state index contributed by atoms with van der Waals surface area (Å²) in [5, 5.41) is 0.359. The SMILES string of the molecule is CC(C)(C)OC(=S)[C@@H]1OC(C)(C)N(C(=O)c2ccccc2)[C@H]1c1ccccc1. The van der Waals surface area contributed by atoms with E-state index in [-0.39, 0.29) is 11.9 Å². The molecule has 0 aliphatic carbocycles. The van der Waals surface area contributed by atoms with Gasteiger partial charge in [-0.05, 0) is 64.5 Å². The number of ether oxygens (including phenoxy) is 2. The molecular weight excluding hydrogens is 370 g/mol. The number of amides is 1. The zero-order valence-electron chi connectivity index (χ0n) is 17.0. The molecule has 2 aromatic rings. The van der Waals surface area contributed by atoms with Gasteiger partial charge >= 0.3 is 0 Å². The average molecular weight is 398 g/mol. The van der Waals surface area contributed by atoms with Gasteiger partial charge in [-0.3, -0.25) is 4.79 Å². The fourth-order valence-electron chi connectivity index (χ4n) is 3.50. The van der Waals surface area contributed by atoms with E-state index in [4.69, 9.17) is 21.7 Å². The van der Waals surface area contributed by atoms with Gasteiger partial charge < -0.3 is 14.4 Å². The van der Waals surface area contributed by atoms with E-state index in [1.54, 1.807) is 4.90 Å². The molecule has 0 spiro atoms. The van der Waals surface area contributed by atoms with Gasteiger partial charge in [-0.25, -0.2) is 0 Å². The van der Waals surface area contributed by atoms with Crippen LogP contribution >= 0.6 is 12.2 Å². The van der Waals surface area contributed by atoms with Crippen LogP contribution in [0.25, 0.3) is 0 Å². The first-order chi connectivity index (χ1) is 13.1. The van der Waals surface area contributed by atoms with Gasteiger partial charge in [-0.2, -0.15) is 0 Å². The maximum absolute atomic E-state index is 13.5. The molecule has 2 atom stereocenters. The molecule has 4 nitrogen and oxygen atoms in total. The molecule has 1 aliphatic rings. The predicted molar refractivity (Wildman–Crippen MR) is 114 cm³/mol. The Kier molecular flexibility index (Phi) is 5.60. The van der Waals surface area contributed by atoms with E-state index >= 15 is 0 Å². The van der Waals surface area contributed by atoms with Crippen LogP contribution in [0.2, 0.25) is 0 Å². The van der Waals surface area contributed by atoms with Gasteiger partial charge in [0.25, 0.3) is 5.91 Å². The summed E-state index contributed by atoms with van der Waals surface area (Å²) in [7, 11) is 0. The van der Waals surface area contributed by atoms with Gasteiger partial charge in [0.1, 0.15) is 11.3 Å². The molecule has 0 N–H and O–H groups in total. The number of hydrogen-bond donors (Lipinski definition) is 0. The molecule has 1 aliphatic heterocycles. The third-order valence-electron chi connectivity index (χ3n) is 4.58. The first kappa shape index (κ1) is 20.5. The van der Waals surface area contributed by atoms with E-state index in [1.807, 2.05) is 95.3 Å². The summed E-state index contributed by atoms with van der Waals surface area (Å²) < 4.78 is 12.3. The molecule has 0 saturated carbocycles. The van der Waals surface area contributed by atoms with Crippen molar-refractivity contribution in [1.82, 2.24) is 4.90 Å². The third-order valence-corrected chi connectivity index (χ3v) is 4.90. The van der Waals surface area contributed by atoms with E-state index in [2.05, 4.69) is 0 Å². The normalized spacial score (nSPS) is 21.4. The minimum atomic E-state index is -0.844. The quantitative estimate of drug-likeness (QED) is 0.672. The molecule has 5 heteroatoms. The van der Waals surface area contributed by atoms with E-state index in [0.717, 1.165) is 5.56 Å². The Morgan fingerprint density at radius 3 is 2.11 bits per heavy atom. The molecule has 28 heavy (non-hydrogen) atoms. The van der Waals surface area contributed by atoms with Crippen LogP contribution in [0.4, 0.5) is 0 Å². The van der Waals surface area contributed by atoms with E-state index in [9.17, 15) is 4.79 Å². The average Bonchev–Trinajstić information content (AvgIpc) is 2.92. The number of benzene rings is 2. The summed E-state index contributed by atoms with van der Waals surface area (Å²) in [5.74, 6) is -0.0967. The molecule has 0 aromatic heterocycles. The fraction of sp³-hybridized carbons (Fsp3) is 0.391. The second-order valence-electron chi connectivity index (χ2n) is 8.42. The number of thiocarbonyl (C=S) groups is 1. The molecule has 2 aromatic carbocycles. The molecule has 0 radical (unpaired) electrons. The largest absolute Gasteiger partial charge is 0.479 e. The smallest absolute Gasteiger partial charge is 0.256 e. The number of rotatable bonds is 3. The predicted octanol–water partition coefficient (Wildman–Crippen LogP) is 5.15.